The molecular weight excluding hydrogens is 1100 g/mol. The van der Waals surface area contributed by atoms with E-state index in [2.05, 4.69) is 340 Å². The molecule has 0 saturated heterocycles. The van der Waals surface area contributed by atoms with Crippen LogP contribution < -0.4 is 0 Å². The van der Waals surface area contributed by atoms with Crippen molar-refractivity contribution < 1.29 is 0 Å². The Balaban J connectivity index is 0.646. The fourth-order valence-corrected chi connectivity index (χ4v) is 15.9. The Morgan fingerprint density at radius 1 is 0.242 bits per heavy atom. The van der Waals surface area contributed by atoms with Gasteiger partial charge in [0.2, 0.25) is 0 Å². The molecule has 1 spiro atoms. The highest BCUT2D eigenvalue weighted by atomic mass is 15.0. The molecular formula is C89H62N2. The van der Waals surface area contributed by atoms with Crippen LogP contribution in [-0.2, 0) is 5.41 Å². The van der Waals surface area contributed by atoms with Gasteiger partial charge in [0.25, 0.3) is 0 Å². The van der Waals surface area contributed by atoms with Gasteiger partial charge in [-0.05, 0) is 258 Å². The summed E-state index contributed by atoms with van der Waals surface area (Å²) in [5.41, 5.74) is 32.0. The summed E-state index contributed by atoms with van der Waals surface area (Å²) in [5.74, 6) is 0. The zero-order valence-corrected chi connectivity index (χ0v) is 51.3. The molecule has 2 heteroatoms. The minimum Gasteiger partial charge on any atom is -0.309 e. The zero-order valence-electron chi connectivity index (χ0n) is 51.3. The number of aryl methyl sites for hydroxylation is 4. The summed E-state index contributed by atoms with van der Waals surface area (Å²) in [6.07, 6.45) is 9.16. The average molecular weight is 1160 g/mol. The van der Waals surface area contributed by atoms with E-state index in [0.29, 0.717) is 0 Å². The number of aromatic nitrogens is 2. The molecule has 428 valence electrons. The van der Waals surface area contributed by atoms with Crippen LogP contribution in [0.3, 0.4) is 0 Å². The number of nitrogens with zero attached hydrogens (tertiary/aromatic N) is 2. The molecule has 0 aliphatic heterocycles. The van der Waals surface area contributed by atoms with E-state index in [4.69, 9.17) is 0 Å². The first kappa shape index (κ1) is 52.8. The lowest BCUT2D eigenvalue weighted by Crippen LogP contribution is -2.26. The van der Waals surface area contributed by atoms with Crippen LogP contribution in [0.5, 0.6) is 0 Å². The molecule has 0 bridgehead atoms. The third-order valence-corrected chi connectivity index (χ3v) is 19.7. The van der Waals surface area contributed by atoms with Crippen LogP contribution in [0.1, 0.15) is 66.8 Å². The highest BCUT2D eigenvalue weighted by Crippen LogP contribution is 2.63. The van der Waals surface area contributed by atoms with E-state index in [9.17, 15) is 0 Å². The lowest BCUT2D eigenvalue weighted by atomic mass is 9.70. The summed E-state index contributed by atoms with van der Waals surface area (Å²) < 4.78 is 4.84. The first-order valence-electron chi connectivity index (χ1n) is 31.8. The fourth-order valence-electron chi connectivity index (χ4n) is 15.9. The van der Waals surface area contributed by atoms with E-state index in [1.54, 1.807) is 0 Å². The van der Waals surface area contributed by atoms with Gasteiger partial charge in [-0.25, -0.2) is 0 Å². The molecule has 2 heterocycles. The van der Waals surface area contributed by atoms with E-state index >= 15 is 0 Å². The second kappa shape index (κ2) is 20.4. The van der Waals surface area contributed by atoms with Crippen LogP contribution in [0.25, 0.3) is 145 Å². The van der Waals surface area contributed by atoms with E-state index in [0.717, 1.165) is 0 Å². The number of para-hydroxylation sites is 2. The van der Waals surface area contributed by atoms with Gasteiger partial charge in [0, 0.05) is 32.9 Å². The van der Waals surface area contributed by atoms with Crippen LogP contribution in [-0.4, -0.2) is 9.13 Å². The maximum Gasteiger partial charge on any atom is 0.0725 e. The quantitative estimate of drug-likeness (QED) is 0.134. The van der Waals surface area contributed by atoms with Crippen molar-refractivity contribution in [1.82, 2.24) is 9.13 Å². The molecule has 16 aromatic rings. The van der Waals surface area contributed by atoms with Gasteiger partial charge in [-0.3, -0.25) is 0 Å². The van der Waals surface area contributed by atoms with Crippen LogP contribution in [0.4, 0.5) is 0 Å². The lowest BCUT2D eigenvalue weighted by Gasteiger charge is -2.30. The monoisotopic (exact) mass is 1160 g/mol. The Labute approximate surface area is 530 Å². The van der Waals surface area contributed by atoms with E-state index in [1.165, 1.54) is 188 Å². The highest BCUT2D eigenvalue weighted by Gasteiger charge is 2.51. The van der Waals surface area contributed by atoms with Gasteiger partial charge in [-0.2, -0.15) is 0 Å². The highest BCUT2D eigenvalue weighted by molar-refractivity contribution is 6.12. The van der Waals surface area contributed by atoms with Crippen molar-refractivity contribution in [2.24, 2.45) is 0 Å². The number of benzene rings is 14. The van der Waals surface area contributed by atoms with Crippen LogP contribution in [0.15, 0.2) is 279 Å². The number of fused-ring (bicyclic) bond motifs is 18. The SMILES string of the molecule is Cc1cc(C)cc(-n2c3ccccc3c3cc(-c4ccc5cc(C=Cc6ccc7c(c6)C6(c8ccccc8-c8ccccc86)c6cc(C=Cc8ccc9cc(-c%10ccc%11c(c%10)c%10ccccc%10n%11-c%10cc(C)cc(C)c%10)ccc9c8)ccc6-7)ccc5c4)ccc32)c1. The van der Waals surface area contributed by atoms with Gasteiger partial charge in [0.1, 0.15) is 0 Å². The number of hydrogen-bond donors (Lipinski definition) is 0. The summed E-state index contributed by atoms with van der Waals surface area (Å²) >= 11 is 0. The van der Waals surface area contributed by atoms with Crippen molar-refractivity contribution in [1.29, 1.82) is 0 Å². The molecule has 0 atom stereocenters. The third-order valence-electron chi connectivity index (χ3n) is 19.7. The Hall–Kier alpha value is -11.3. The van der Waals surface area contributed by atoms with Crippen molar-refractivity contribution in [3.8, 4) is 55.9 Å². The molecule has 2 nitrogen and oxygen atoms in total. The minimum atomic E-state index is -0.476. The standard InChI is InChI=1S/C89H62N2/c1-55-41-56(2)44-71(43-55)90-85-19-11-7-15-77(85)79-53-69(35-39-87(79)90)67-33-31-63-47-59(25-29-65(63)51-67)21-23-61-27-37-75-76-38-28-62(50-84(76)89(83(75)49-61)81-17-9-5-13-73(81)74-14-6-10-18-82(74)89)24-22-60-26-30-66-52-68(34-32-64(66)48-60)70-36-40-88-80(54-70)78-16-8-12-20-86(78)91(88)72-45-57(3)42-58(4)46-72/h5-54H,1-4H3. The maximum absolute atomic E-state index is 2.47. The molecule has 2 aliphatic rings. The summed E-state index contributed by atoms with van der Waals surface area (Å²) in [7, 11) is 0. The molecule has 91 heavy (non-hydrogen) atoms. The molecule has 2 aromatic heterocycles. The molecule has 2 aliphatic carbocycles. The molecule has 0 radical (unpaired) electrons. The third kappa shape index (κ3) is 8.40. The molecule has 14 aromatic carbocycles. The number of rotatable bonds is 8. The van der Waals surface area contributed by atoms with Crippen LogP contribution >= 0.6 is 0 Å². The second-order valence-corrected chi connectivity index (χ2v) is 25.6. The molecule has 0 saturated carbocycles. The molecule has 0 N–H and O–H groups in total. The molecule has 0 amide bonds. The maximum atomic E-state index is 2.47. The van der Waals surface area contributed by atoms with Crippen molar-refractivity contribution in [2.75, 3.05) is 0 Å². The van der Waals surface area contributed by atoms with Crippen molar-refractivity contribution >= 4 is 89.5 Å². The second-order valence-electron chi connectivity index (χ2n) is 25.6. The normalized spacial score (nSPS) is 13.1. The predicted octanol–water partition coefficient (Wildman–Crippen LogP) is 23.4. The predicted molar refractivity (Wildman–Crippen MR) is 387 cm³/mol. The summed E-state index contributed by atoms with van der Waals surface area (Å²) in [4.78, 5) is 0. The van der Waals surface area contributed by atoms with E-state index in [1.807, 2.05) is 0 Å². The first-order valence-corrected chi connectivity index (χ1v) is 31.8. The van der Waals surface area contributed by atoms with Crippen LogP contribution in [0, 0.1) is 27.7 Å². The Bertz CT molecular complexity index is 5430. The van der Waals surface area contributed by atoms with Gasteiger partial charge >= 0.3 is 0 Å². The Kier molecular flexibility index (Phi) is 11.8. The van der Waals surface area contributed by atoms with E-state index < -0.39 is 5.41 Å². The zero-order chi connectivity index (χ0) is 60.6. The van der Waals surface area contributed by atoms with Gasteiger partial charge in [-0.1, -0.05) is 206 Å². The summed E-state index contributed by atoms with van der Waals surface area (Å²) in [6.45, 7) is 8.73. The number of hydrogen-bond acceptors (Lipinski definition) is 0. The van der Waals surface area contributed by atoms with Gasteiger partial charge in [0.15, 0.2) is 0 Å². The molecule has 0 unspecified atom stereocenters. The van der Waals surface area contributed by atoms with Crippen LogP contribution in [0.2, 0.25) is 0 Å². The smallest absolute Gasteiger partial charge is 0.0725 e. The Morgan fingerprint density at radius 3 is 1.02 bits per heavy atom. The van der Waals surface area contributed by atoms with E-state index in [-0.39, 0.29) is 0 Å². The largest absolute Gasteiger partial charge is 0.309 e. The summed E-state index contributed by atoms with van der Waals surface area (Å²) in [5, 5.41) is 9.96. The van der Waals surface area contributed by atoms with Gasteiger partial charge < -0.3 is 9.13 Å². The fraction of sp³-hybridized carbons (Fsp3) is 0.0562. The minimum absolute atomic E-state index is 0.476. The van der Waals surface area contributed by atoms with Gasteiger partial charge in [0.05, 0.1) is 27.5 Å². The molecule has 0 fully saturated rings. The lowest BCUT2D eigenvalue weighted by molar-refractivity contribution is 0.793. The van der Waals surface area contributed by atoms with Crippen molar-refractivity contribution in [3.05, 3.63) is 346 Å². The first-order chi connectivity index (χ1) is 44.7. The molecule has 18 rings (SSSR count). The van der Waals surface area contributed by atoms with Crippen molar-refractivity contribution in [2.45, 2.75) is 33.1 Å². The summed E-state index contributed by atoms with van der Waals surface area (Å²) in [6, 6.07) is 105. The average Bonchev–Trinajstić information content (AvgIpc) is 1.51. The van der Waals surface area contributed by atoms with Gasteiger partial charge in [-0.15, -0.1) is 0 Å². The topological polar surface area (TPSA) is 9.86 Å². The van der Waals surface area contributed by atoms with Crippen molar-refractivity contribution in [3.63, 3.8) is 0 Å². The Morgan fingerprint density at radius 2 is 0.571 bits per heavy atom.